The lowest BCUT2D eigenvalue weighted by atomic mass is 9.79. The van der Waals surface area contributed by atoms with E-state index >= 15 is 0 Å². The van der Waals surface area contributed by atoms with Crippen LogP contribution >= 0.6 is 0 Å². The summed E-state index contributed by atoms with van der Waals surface area (Å²) in [7, 11) is 0. The number of H-pyrrole nitrogens is 1. The van der Waals surface area contributed by atoms with Gasteiger partial charge in [-0.3, -0.25) is 14.2 Å². The second kappa shape index (κ2) is 6.75. The van der Waals surface area contributed by atoms with Crippen molar-refractivity contribution < 1.29 is 4.79 Å². The van der Waals surface area contributed by atoms with Crippen molar-refractivity contribution in [3.8, 4) is 0 Å². The number of fused-ring (bicyclic) bond motifs is 4. The number of hydrogen-bond acceptors (Lipinski definition) is 6. The number of nitrogens with zero attached hydrogens (tertiary/aromatic N) is 4. The van der Waals surface area contributed by atoms with Crippen molar-refractivity contribution in [1.82, 2.24) is 35.8 Å². The van der Waals surface area contributed by atoms with Gasteiger partial charge >= 0.3 is 0 Å². The number of nitrogens with one attached hydrogen (secondary N) is 3. The van der Waals surface area contributed by atoms with Crippen molar-refractivity contribution in [3.63, 3.8) is 0 Å². The third-order valence-corrected chi connectivity index (χ3v) is 5.08. The zero-order chi connectivity index (χ0) is 17.2. The largest absolute Gasteiger partial charge is 0.354 e. The Morgan fingerprint density at radius 3 is 3.12 bits per heavy atom. The van der Waals surface area contributed by atoms with Gasteiger partial charge in [-0.1, -0.05) is 11.3 Å². The Balaban J connectivity index is 1.48. The van der Waals surface area contributed by atoms with E-state index in [9.17, 15) is 9.59 Å². The van der Waals surface area contributed by atoms with Gasteiger partial charge in [0.2, 0.25) is 5.91 Å². The standard InChI is InChI=1S/C16H21N7O2/c24-14-5-1-3-12-10-7-11(9-17-8-10)15(23(12)14)16(25)18-6-2-4-13-19-21-22-20-13/h1,3,5,10-11,15,17H,2,4,6-9H2,(H,18,25)(H,19,20,21,22)/t10-,11+,15-/m1/s1. The normalized spacial score (nSPS) is 24.6. The molecule has 0 aliphatic carbocycles. The maximum atomic E-state index is 12.8. The fourth-order valence-electron chi connectivity index (χ4n) is 3.98. The van der Waals surface area contributed by atoms with Crippen LogP contribution in [-0.2, 0) is 11.2 Å². The average molecular weight is 343 g/mol. The number of carbonyl (C=O) groups excluding carboxylic acids is 1. The highest BCUT2D eigenvalue weighted by Gasteiger charge is 2.41. The molecule has 2 aliphatic rings. The lowest BCUT2D eigenvalue weighted by Gasteiger charge is -2.42. The molecule has 1 saturated heterocycles. The summed E-state index contributed by atoms with van der Waals surface area (Å²) < 4.78 is 1.70. The molecule has 2 aromatic rings. The number of pyridine rings is 1. The smallest absolute Gasteiger partial charge is 0.251 e. The lowest BCUT2D eigenvalue weighted by Crippen LogP contribution is -2.52. The van der Waals surface area contributed by atoms with E-state index in [4.69, 9.17) is 0 Å². The van der Waals surface area contributed by atoms with Crippen molar-refractivity contribution in [1.29, 1.82) is 0 Å². The highest BCUT2D eigenvalue weighted by Crippen LogP contribution is 2.38. The van der Waals surface area contributed by atoms with Gasteiger partial charge in [0.05, 0.1) is 0 Å². The Kier molecular flexibility index (Phi) is 4.31. The van der Waals surface area contributed by atoms with E-state index in [0.717, 1.165) is 31.6 Å². The molecule has 9 heteroatoms. The molecule has 2 aliphatic heterocycles. The maximum absolute atomic E-state index is 12.8. The first-order valence-corrected chi connectivity index (χ1v) is 8.66. The molecule has 25 heavy (non-hydrogen) atoms. The van der Waals surface area contributed by atoms with Gasteiger partial charge in [0.1, 0.15) is 6.04 Å². The first kappa shape index (κ1) is 15.9. The number of tetrazole rings is 1. The molecule has 4 heterocycles. The minimum atomic E-state index is -0.446. The molecule has 2 aromatic heterocycles. The van der Waals surface area contributed by atoms with E-state index in [1.54, 1.807) is 10.6 Å². The Labute approximate surface area is 144 Å². The monoisotopic (exact) mass is 343 g/mol. The second-order valence-electron chi connectivity index (χ2n) is 6.68. The van der Waals surface area contributed by atoms with Crippen LogP contribution in [0.2, 0.25) is 0 Å². The summed E-state index contributed by atoms with van der Waals surface area (Å²) in [5.41, 5.74) is 0.865. The van der Waals surface area contributed by atoms with Gasteiger partial charge in [-0.15, -0.1) is 10.2 Å². The Hall–Kier alpha value is -2.55. The molecular formula is C16H21N7O2. The highest BCUT2D eigenvalue weighted by atomic mass is 16.2. The summed E-state index contributed by atoms with van der Waals surface area (Å²) in [6.07, 6.45) is 2.31. The second-order valence-corrected chi connectivity index (χ2v) is 6.68. The van der Waals surface area contributed by atoms with Gasteiger partial charge in [0.15, 0.2) is 5.82 Å². The molecule has 0 radical (unpaired) electrons. The van der Waals surface area contributed by atoms with Crippen LogP contribution < -0.4 is 16.2 Å². The van der Waals surface area contributed by atoms with Crippen LogP contribution in [0.3, 0.4) is 0 Å². The van der Waals surface area contributed by atoms with Crippen LogP contribution in [0.15, 0.2) is 23.0 Å². The predicted molar refractivity (Wildman–Crippen MR) is 89.0 cm³/mol. The number of amides is 1. The van der Waals surface area contributed by atoms with Crippen molar-refractivity contribution in [2.24, 2.45) is 5.92 Å². The summed E-state index contributed by atoms with van der Waals surface area (Å²) in [6, 6.07) is 4.83. The van der Waals surface area contributed by atoms with E-state index in [0.29, 0.717) is 24.7 Å². The summed E-state index contributed by atoms with van der Waals surface area (Å²) in [5.74, 6) is 0.987. The fourth-order valence-corrected chi connectivity index (χ4v) is 3.98. The minimum Gasteiger partial charge on any atom is -0.354 e. The quantitative estimate of drug-likeness (QED) is 0.622. The number of carbonyl (C=O) groups is 1. The minimum absolute atomic E-state index is 0.0881. The lowest BCUT2D eigenvalue weighted by molar-refractivity contribution is -0.127. The van der Waals surface area contributed by atoms with Gasteiger partial charge in [-0.25, -0.2) is 0 Å². The number of aryl methyl sites for hydroxylation is 1. The molecule has 0 aromatic carbocycles. The molecule has 4 rings (SSSR count). The summed E-state index contributed by atoms with van der Waals surface area (Å²) in [6.45, 7) is 2.14. The molecule has 0 saturated carbocycles. The number of hydrogen-bond donors (Lipinski definition) is 3. The number of aromatic nitrogens is 5. The first-order valence-electron chi connectivity index (χ1n) is 8.66. The van der Waals surface area contributed by atoms with Crippen molar-refractivity contribution in [3.05, 3.63) is 40.1 Å². The number of rotatable bonds is 5. The van der Waals surface area contributed by atoms with Gasteiger partial charge in [0.25, 0.3) is 5.56 Å². The number of aromatic amines is 1. The zero-order valence-electron chi connectivity index (χ0n) is 13.8. The van der Waals surface area contributed by atoms with Gasteiger partial charge in [-0.05, 0) is 18.9 Å². The van der Waals surface area contributed by atoms with Crippen molar-refractivity contribution >= 4 is 5.91 Å². The molecule has 3 N–H and O–H groups in total. The zero-order valence-corrected chi connectivity index (χ0v) is 13.8. The third kappa shape index (κ3) is 3.07. The fraction of sp³-hybridized carbons (Fsp3) is 0.562. The molecule has 132 valence electrons. The van der Waals surface area contributed by atoms with Crippen LogP contribution in [-0.4, -0.2) is 50.7 Å². The van der Waals surface area contributed by atoms with Crippen LogP contribution in [0.4, 0.5) is 0 Å². The molecule has 1 fully saturated rings. The highest BCUT2D eigenvalue weighted by molar-refractivity contribution is 5.81. The van der Waals surface area contributed by atoms with E-state index in [1.165, 1.54) is 6.07 Å². The predicted octanol–water partition coefficient (Wildman–Crippen LogP) is -0.642. The molecular weight excluding hydrogens is 322 g/mol. The Bertz CT molecular complexity index is 801. The molecule has 9 nitrogen and oxygen atoms in total. The van der Waals surface area contributed by atoms with Crippen molar-refractivity contribution in [2.45, 2.75) is 31.2 Å². The average Bonchev–Trinajstić information content (AvgIpc) is 3.13. The molecule has 2 bridgehead atoms. The molecule has 3 atom stereocenters. The van der Waals surface area contributed by atoms with E-state index in [2.05, 4.69) is 31.3 Å². The molecule has 0 spiro atoms. The summed E-state index contributed by atoms with van der Waals surface area (Å²) >= 11 is 0. The van der Waals surface area contributed by atoms with E-state index < -0.39 is 6.04 Å². The van der Waals surface area contributed by atoms with Crippen LogP contribution in [0.1, 0.15) is 36.3 Å². The van der Waals surface area contributed by atoms with E-state index in [-0.39, 0.29) is 17.4 Å². The first-order chi connectivity index (χ1) is 12.2. The topological polar surface area (TPSA) is 118 Å². The number of piperidine rings is 1. The molecule has 0 unspecified atom stereocenters. The molecule has 1 amide bonds. The van der Waals surface area contributed by atoms with Crippen molar-refractivity contribution in [2.75, 3.05) is 19.6 Å². The SMILES string of the molecule is O=C(NCCCc1nn[nH]n1)[C@H]1[C@@H]2CNC[C@@H](C2)c2cccc(=O)n21. The maximum Gasteiger partial charge on any atom is 0.251 e. The van der Waals surface area contributed by atoms with Gasteiger partial charge in [-0.2, -0.15) is 5.21 Å². The van der Waals surface area contributed by atoms with Crippen LogP contribution in [0.5, 0.6) is 0 Å². The Morgan fingerprint density at radius 1 is 1.36 bits per heavy atom. The van der Waals surface area contributed by atoms with E-state index in [1.807, 2.05) is 6.07 Å². The Morgan fingerprint density at radius 2 is 2.28 bits per heavy atom. The van der Waals surface area contributed by atoms with Crippen LogP contribution in [0.25, 0.3) is 0 Å². The summed E-state index contributed by atoms with van der Waals surface area (Å²) in [5, 5.41) is 20.1. The van der Waals surface area contributed by atoms with Crippen LogP contribution in [0, 0.1) is 5.92 Å². The van der Waals surface area contributed by atoms with Gasteiger partial charge in [0, 0.05) is 49.7 Å². The summed E-state index contributed by atoms with van der Waals surface area (Å²) in [4.78, 5) is 25.3. The third-order valence-electron chi connectivity index (χ3n) is 5.08. The van der Waals surface area contributed by atoms with Gasteiger partial charge < -0.3 is 10.6 Å².